The highest BCUT2D eigenvalue weighted by Crippen LogP contribution is 2.24. The summed E-state index contributed by atoms with van der Waals surface area (Å²) < 4.78 is 1.88. The van der Waals surface area contributed by atoms with E-state index in [1.807, 2.05) is 42.3 Å². The van der Waals surface area contributed by atoms with Crippen LogP contribution in [0.3, 0.4) is 0 Å². The Kier molecular flexibility index (Phi) is 2.18. The normalized spacial score (nSPS) is 10.9. The Morgan fingerprint density at radius 2 is 1.94 bits per heavy atom. The van der Waals surface area contributed by atoms with Crippen molar-refractivity contribution in [1.82, 2.24) is 14.8 Å². The highest BCUT2D eigenvalue weighted by atomic mass is 15.3. The van der Waals surface area contributed by atoms with E-state index in [1.54, 1.807) is 0 Å². The van der Waals surface area contributed by atoms with E-state index in [9.17, 15) is 0 Å². The molecule has 0 spiro atoms. The number of rotatable bonds is 1. The van der Waals surface area contributed by atoms with Gasteiger partial charge in [0, 0.05) is 35.5 Å². The minimum absolute atomic E-state index is 1.03. The van der Waals surface area contributed by atoms with Gasteiger partial charge in [-0.05, 0) is 19.1 Å². The van der Waals surface area contributed by atoms with Crippen LogP contribution >= 0.6 is 0 Å². The quantitative estimate of drug-likeness (QED) is 0.635. The molecule has 0 unspecified atom stereocenters. The van der Waals surface area contributed by atoms with Crippen LogP contribution in [-0.4, -0.2) is 14.8 Å². The molecule has 0 aliphatic carbocycles. The molecular weight excluding hydrogens is 210 g/mol. The molecule has 0 amide bonds. The molecule has 0 fully saturated rings. The highest BCUT2D eigenvalue weighted by molar-refractivity contribution is 5.83. The predicted molar refractivity (Wildman–Crippen MR) is 68.7 cm³/mol. The van der Waals surface area contributed by atoms with Gasteiger partial charge < -0.3 is 0 Å². The van der Waals surface area contributed by atoms with E-state index in [-0.39, 0.29) is 0 Å². The number of nitrogens with zero attached hydrogens (tertiary/aromatic N) is 3. The first kappa shape index (κ1) is 10.0. The summed E-state index contributed by atoms with van der Waals surface area (Å²) in [6.07, 6.45) is 3.80. The molecule has 0 aliphatic rings. The van der Waals surface area contributed by atoms with Crippen molar-refractivity contribution in [2.75, 3.05) is 0 Å². The Morgan fingerprint density at radius 1 is 1.12 bits per heavy atom. The van der Waals surface area contributed by atoms with Crippen LogP contribution < -0.4 is 0 Å². The van der Waals surface area contributed by atoms with Crippen molar-refractivity contribution in [1.29, 1.82) is 0 Å². The zero-order valence-electron chi connectivity index (χ0n) is 9.88. The Hall–Kier alpha value is -2.16. The van der Waals surface area contributed by atoms with Crippen molar-refractivity contribution in [3.8, 4) is 11.1 Å². The summed E-state index contributed by atoms with van der Waals surface area (Å²) in [5.74, 6) is 0. The third kappa shape index (κ3) is 1.60. The van der Waals surface area contributed by atoms with Crippen LogP contribution in [0.1, 0.15) is 5.69 Å². The van der Waals surface area contributed by atoms with E-state index in [0.29, 0.717) is 0 Å². The zero-order valence-corrected chi connectivity index (χ0v) is 9.88. The number of benzene rings is 1. The van der Waals surface area contributed by atoms with Crippen molar-refractivity contribution < 1.29 is 0 Å². The number of para-hydroxylation sites is 1. The fourth-order valence-corrected chi connectivity index (χ4v) is 2.00. The number of fused-ring (bicyclic) bond motifs is 1. The van der Waals surface area contributed by atoms with E-state index in [1.165, 1.54) is 0 Å². The topological polar surface area (TPSA) is 30.7 Å². The third-order valence-electron chi connectivity index (χ3n) is 3.14. The maximum atomic E-state index is 4.47. The zero-order chi connectivity index (χ0) is 11.8. The molecule has 3 heteroatoms. The van der Waals surface area contributed by atoms with Gasteiger partial charge in [0.25, 0.3) is 0 Å². The number of aromatic nitrogens is 3. The first-order chi connectivity index (χ1) is 8.25. The molecule has 0 saturated heterocycles. The highest BCUT2D eigenvalue weighted by Gasteiger charge is 2.07. The second-order valence-electron chi connectivity index (χ2n) is 4.18. The number of hydrogen-bond donors (Lipinski definition) is 0. The predicted octanol–water partition coefficient (Wildman–Crippen LogP) is 2.94. The molecule has 84 valence electrons. The lowest BCUT2D eigenvalue weighted by Gasteiger charge is -2.02. The lowest BCUT2D eigenvalue weighted by atomic mass is 10.1. The van der Waals surface area contributed by atoms with Crippen molar-refractivity contribution in [2.45, 2.75) is 6.92 Å². The standard InChI is InChI=1S/C14H13N3/c1-10-13(9-16-17(10)2)12-7-11-5-3-4-6-14(11)15-8-12/h3-9H,1-2H3. The largest absolute Gasteiger partial charge is 0.272 e. The van der Waals surface area contributed by atoms with Crippen LogP contribution in [0.25, 0.3) is 22.0 Å². The van der Waals surface area contributed by atoms with Crippen LogP contribution in [0.15, 0.2) is 42.7 Å². The summed E-state index contributed by atoms with van der Waals surface area (Å²) in [5, 5.41) is 5.42. The summed E-state index contributed by atoms with van der Waals surface area (Å²) in [7, 11) is 1.95. The fraction of sp³-hybridized carbons (Fsp3) is 0.143. The minimum atomic E-state index is 1.03. The molecule has 3 aromatic rings. The molecule has 0 aliphatic heterocycles. The molecule has 1 aromatic carbocycles. The van der Waals surface area contributed by atoms with Crippen LogP contribution in [0, 0.1) is 6.92 Å². The van der Waals surface area contributed by atoms with Gasteiger partial charge in [0.15, 0.2) is 0 Å². The molecule has 0 saturated carbocycles. The van der Waals surface area contributed by atoms with Crippen LogP contribution in [0.5, 0.6) is 0 Å². The Labute approximate surface area is 99.7 Å². The van der Waals surface area contributed by atoms with Gasteiger partial charge in [-0.2, -0.15) is 5.10 Å². The average Bonchev–Trinajstić information content (AvgIpc) is 2.70. The van der Waals surface area contributed by atoms with E-state index in [4.69, 9.17) is 0 Å². The molecule has 2 aromatic heterocycles. The summed E-state index contributed by atoms with van der Waals surface area (Å²) in [6.45, 7) is 2.07. The lowest BCUT2D eigenvalue weighted by Crippen LogP contribution is -1.92. The molecule has 0 bridgehead atoms. The second-order valence-corrected chi connectivity index (χ2v) is 4.18. The van der Waals surface area contributed by atoms with Crippen LogP contribution in [0.2, 0.25) is 0 Å². The molecule has 0 radical (unpaired) electrons. The van der Waals surface area contributed by atoms with Gasteiger partial charge >= 0.3 is 0 Å². The molecule has 3 nitrogen and oxygen atoms in total. The van der Waals surface area contributed by atoms with Crippen molar-refractivity contribution in [3.05, 3.63) is 48.4 Å². The van der Waals surface area contributed by atoms with Gasteiger partial charge in [0.2, 0.25) is 0 Å². The average molecular weight is 223 g/mol. The van der Waals surface area contributed by atoms with Crippen LogP contribution in [0.4, 0.5) is 0 Å². The Morgan fingerprint density at radius 3 is 2.71 bits per heavy atom. The van der Waals surface area contributed by atoms with E-state index in [2.05, 4.69) is 29.1 Å². The summed E-state index contributed by atoms with van der Waals surface area (Å²) in [6, 6.07) is 10.3. The SMILES string of the molecule is Cc1c(-c2cnc3ccccc3c2)cnn1C. The number of hydrogen-bond acceptors (Lipinski definition) is 2. The summed E-state index contributed by atoms with van der Waals surface area (Å²) in [5.41, 5.74) is 4.44. The first-order valence-electron chi connectivity index (χ1n) is 5.59. The molecule has 3 rings (SSSR count). The summed E-state index contributed by atoms with van der Waals surface area (Å²) >= 11 is 0. The minimum Gasteiger partial charge on any atom is -0.272 e. The maximum absolute atomic E-state index is 4.47. The first-order valence-corrected chi connectivity index (χ1v) is 5.59. The summed E-state index contributed by atoms with van der Waals surface area (Å²) in [4.78, 5) is 4.47. The number of aryl methyl sites for hydroxylation is 1. The molecule has 0 N–H and O–H groups in total. The van der Waals surface area contributed by atoms with Gasteiger partial charge in [-0.15, -0.1) is 0 Å². The molecule has 0 atom stereocenters. The molecule has 2 heterocycles. The van der Waals surface area contributed by atoms with Crippen molar-refractivity contribution in [3.63, 3.8) is 0 Å². The second kappa shape index (κ2) is 3.70. The molecular formula is C14H13N3. The smallest absolute Gasteiger partial charge is 0.0702 e. The van der Waals surface area contributed by atoms with Crippen molar-refractivity contribution in [2.24, 2.45) is 7.05 Å². The monoisotopic (exact) mass is 223 g/mol. The van der Waals surface area contributed by atoms with E-state index < -0.39 is 0 Å². The Bertz CT molecular complexity index is 683. The van der Waals surface area contributed by atoms with Gasteiger partial charge in [0.1, 0.15) is 0 Å². The van der Waals surface area contributed by atoms with Gasteiger partial charge in [-0.25, -0.2) is 0 Å². The Balaban J connectivity index is 2.21. The van der Waals surface area contributed by atoms with E-state index >= 15 is 0 Å². The maximum Gasteiger partial charge on any atom is 0.0702 e. The van der Waals surface area contributed by atoms with Crippen LogP contribution in [-0.2, 0) is 7.05 Å². The van der Waals surface area contributed by atoms with Gasteiger partial charge in [-0.3, -0.25) is 9.67 Å². The fourth-order valence-electron chi connectivity index (χ4n) is 2.00. The van der Waals surface area contributed by atoms with Gasteiger partial charge in [-0.1, -0.05) is 18.2 Å². The molecule has 17 heavy (non-hydrogen) atoms. The van der Waals surface area contributed by atoms with Gasteiger partial charge in [0.05, 0.1) is 11.7 Å². The van der Waals surface area contributed by atoms with Crippen molar-refractivity contribution >= 4 is 10.9 Å². The lowest BCUT2D eigenvalue weighted by molar-refractivity contribution is 0.740. The number of pyridine rings is 1. The third-order valence-corrected chi connectivity index (χ3v) is 3.14. The van der Waals surface area contributed by atoms with E-state index in [0.717, 1.165) is 27.7 Å².